The molecular formula is C14H22Ru. The molecule has 15 heavy (non-hydrogen) atoms. The third-order valence-electron chi connectivity index (χ3n) is 1.22. The van der Waals surface area contributed by atoms with E-state index in [4.69, 9.17) is 0 Å². The monoisotopic (exact) mass is 292 g/mol. The Morgan fingerprint density at radius 1 is 0.800 bits per heavy atom. The second-order valence-electron chi connectivity index (χ2n) is 2.50. The molecule has 1 heteroatoms. The Labute approximate surface area is 109 Å². The van der Waals surface area contributed by atoms with E-state index in [2.05, 4.69) is 26.0 Å². The molecule has 0 amide bonds. The number of rotatable bonds is 4. The summed E-state index contributed by atoms with van der Waals surface area (Å²) < 4.78 is 0. The summed E-state index contributed by atoms with van der Waals surface area (Å²) >= 11 is 0. The van der Waals surface area contributed by atoms with Crippen LogP contribution in [0.3, 0.4) is 0 Å². The zero-order valence-electron chi connectivity index (χ0n) is 10.2. The Morgan fingerprint density at radius 3 is 1.33 bits per heavy atom. The maximum absolute atomic E-state index is 3.04. The van der Waals surface area contributed by atoms with E-state index in [9.17, 15) is 0 Å². The molecule has 0 saturated heterocycles. The number of hydrogen-bond donors (Lipinski definition) is 0. The van der Waals surface area contributed by atoms with Gasteiger partial charge in [0.05, 0.1) is 0 Å². The SMILES string of the molecule is CC=CC=[C-]CC.CC=CC=[C-]CC.[Ru+2]. The fraction of sp³-hybridized carbons (Fsp3) is 0.429. The van der Waals surface area contributed by atoms with Crippen molar-refractivity contribution in [3.63, 3.8) is 0 Å². The molecule has 0 saturated carbocycles. The van der Waals surface area contributed by atoms with Gasteiger partial charge in [-0.3, -0.25) is 12.2 Å². The minimum absolute atomic E-state index is 0. The second kappa shape index (κ2) is 23.4. The van der Waals surface area contributed by atoms with Gasteiger partial charge in [0.25, 0.3) is 0 Å². The summed E-state index contributed by atoms with van der Waals surface area (Å²) in [6, 6.07) is 0. The van der Waals surface area contributed by atoms with Crippen LogP contribution in [0.1, 0.15) is 40.5 Å². The fourth-order valence-corrected chi connectivity index (χ4v) is 0.564. The van der Waals surface area contributed by atoms with E-state index < -0.39 is 0 Å². The molecule has 0 aromatic rings. The van der Waals surface area contributed by atoms with Gasteiger partial charge in [0, 0.05) is 0 Å². The molecule has 0 N–H and O–H groups in total. The van der Waals surface area contributed by atoms with Crippen LogP contribution in [0.4, 0.5) is 0 Å². The van der Waals surface area contributed by atoms with E-state index in [-0.39, 0.29) is 19.5 Å². The summed E-state index contributed by atoms with van der Waals surface area (Å²) in [6.07, 6.45) is 19.9. The molecule has 86 valence electrons. The van der Waals surface area contributed by atoms with Crippen molar-refractivity contribution in [3.8, 4) is 0 Å². The van der Waals surface area contributed by atoms with E-state index in [1.165, 1.54) is 0 Å². The first kappa shape index (κ1) is 20.1. The summed E-state index contributed by atoms with van der Waals surface area (Å²) in [4.78, 5) is 0. The molecule has 0 aromatic carbocycles. The maximum Gasteiger partial charge on any atom is 2.00 e. The van der Waals surface area contributed by atoms with Crippen molar-refractivity contribution in [1.82, 2.24) is 0 Å². The van der Waals surface area contributed by atoms with E-state index in [0.717, 1.165) is 12.8 Å². The summed E-state index contributed by atoms with van der Waals surface area (Å²) in [5, 5.41) is 0. The molecule has 0 spiro atoms. The molecule has 0 aliphatic rings. The van der Waals surface area contributed by atoms with E-state index >= 15 is 0 Å². The average Bonchev–Trinajstić information content (AvgIpc) is 2.21. The predicted molar refractivity (Wildman–Crippen MR) is 65.8 cm³/mol. The van der Waals surface area contributed by atoms with Crippen LogP contribution in [0.15, 0.2) is 36.5 Å². The topological polar surface area (TPSA) is 0 Å². The summed E-state index contributed by atoms with van der Waals surface area (Å²) in [6.45, 7) is 8.13. The maximum atomic E-state index is 3.04. The molecule has 0 aliphatic heterocycles. The van der Waals surface area contributed by atoms with Crippen molar-refractivity contribution in [2.75, 3.05) is 0 Å². The van der Waals surface area contributed by atoms with Crippen molar-refractivity contribution >= 4 is 0 Å². The van der Waals surface area contributed by atoms with Crippen LogP contribution in [-0.4, -0.2) is 0 Å². The van der Waals surface area contributed by atoms with Gasteiger partial charge in [0.15, 0.2) is 0 Å². The van der Waals surface area contributed by atoms with Crippen LogP contribution in [0.5, 0.6) is 0 Å². The molecule has 0 aliphatic carbocycles. The molecule has 0 fully saturated rings. The number of hydrogen-bond acceptors (Lipinski definition) is 0. The minimum Gasteiger partial charge on any atom is -0.276 e. The van der Waals surface area contributed by atoms with Gasteiger partial charge in [-0.15, -0.1) is 12.8 Å². The van der Waals surface area contributed by atoms with Crippen LogP contribution in [0, 0.1) is 12.2 Å². The van der Waals surface area contributed by atoms with Gasteiger partial charge in [0.2, 0.25) is 0 Å². The quantitative estimate of drug-likeness (QED) is 0.401. The normalized spacial score (nSPS) is 10.9. The van der Waals surface area contributed by atoms with Crippen LogP contribution in [0.25, 0.3) is 0 Å². The Bertz CT molecular complexity index is 164. The van der Waals surface area contributed by atoms with E-state index in [1.54, 1.807) is 0 Å². The van der Waals surface area contributed by atoms with Crippen molar-refractivity contribution in [2.24, 2.45) is 0 Å². The van der Waals surface area contributed by atoms with Crippen molar-refractivity contribution < 1.29 is 19.5 Å². The molecule has 0 nitrogen and oxygen atoms in total. The molecular weight excluding hydrogens is 269 g/mol. The van der Waals surface area contributed by atoms with Crippen molar-refractivity contribution in [3.05, 3.63) is 48.6 Å². The predicted octanol–water partition coefficient (Wildman–Crippen LogP) is 4.66. The standard InChI is InChI=1S/2C7H11.Ru/c2*1-3-5-7-6-4-2;/h2*3,5,7H,4H2,1-2H3;/q2*-1;+2. The van der Waals surface area contributed by atoms with E-state index in [0.29, 0.717) is 0 Å². The van der Waals surface area contributed by atoms with Crippen molar-refractivity contribution in [1.29, 1.82) is 0 Å². The Kier molecular flexibility index (Phi) is 31.3. The Hall–Kier alpha value is -0.417. The Morgan fingerprint density at radius 2 is 1.13 bits per heavy atom. The van der Waals surface area contributed by atoms with Crippen LogP contribution < -0.4 is 0 Å². The zero-order chi connectivity index (χ0) is 11.1. The largest absolute Gasteiger partial charge is 2.00 e. The summed E-state index contributed by atoms with van der Waals surface area (Å²) in [5.41, 5.74) is 0. The van der Waals surface area contributed by atoms with Gasteiger partial charge in [-0.25, -0.2) is 24.3 Å². The summed E-state index contributed by atoms with van der Waals surface area (Å²) in [5.74, 6) is 0. The van der Waals surface area contributed by atoms with Gasteiger partial charge in [0.1, 0.15) is 0 Å². The second-order valence-corrected chi connectivity index (χ2v) is 2.50. The molecule has 0 aromatic heterocycles. The molecule has 0 bridgehead atoms. The Balaban J connectivity index is -0.000000180. The molecule has 0 unspecified atom stereocenters. The first-order chi connectivity index (χ1) is 6.83. The van der Waals surface area contributed by atoms with Gasteiger partial charge in [-0.05, 0) is 0 Å². The van der Waals surface area contributed by atoms with Gasteiger partial charge in [-0.2, -0.15) is 12.2 Å². The number of allylic oxidation sites excluding steroid dienone is 8. The first-order valence-corrected chi connectivity index (χ1v) is 5.19. The zero-order valence-corrected chi connectivity index (χ0v) is 12.0. The van der Waals surface area contributed by atoms with Crippen LogP contribution >= 0.6 is 0 Å². The molecule has 0 heterocycles. The minimum atomic E-state index is 0. The van der Waals surface area contributed by atoms with Gasteiger partial charge in [-0.1, -0.05) is 27.7 Å². The fourth-order valence-electron chi connectivity index (χ4n) is 0.564. The average molecular weight is 291 g/mol. The first-order valence-electron chi connectivity index (χ1n) is 5.19. The third-order valence-corrected chi connectivity index (χ3v) is 1.22. The third kappa shape index (κ3) is 31.7. The van der Waals surface area contributed by atoms with Crippen LogP contribution in [-0.2, 0) is 19.5 Å². The van der Waals surface area contributed by atoms with Gasteiger partial charge < -0.3 is 0 Å². The van der Waals surface area contributed by atoms with Gasteiger partial charge >= 0.3 is 19.5 Å². The molecule has 0 radical (unpaired) electrons. The smallest absolute Gasteiger partial charge is 0.276 e. The molecule has 0 rings (SSSR count). The van der Waals surface area contributed by atoms with Crippen LogP contribution in [0.2, 0.25) is 0 Å². The molecule has 0 atom stereocenters. The van der Waals surface area contributed by atoms with E-state index in [1.807, 2.05) is 50.3 Å². The summed E-state index contributed by atoms with van der Waals surface area (Å²) in [7, 11) is 0. The van der Waals surface area contributed by atoms with Crippen molar-refractivity contribution in [2.45, 2.75) is 40.5 Å².